The molecular formula is C12H18N4O3S. The van der Waals surface area contributed by atoms with E-state index in [1.807, 2.05) is 6.92 Å². The minimum absolute atomic E-state index is 0.104. The number of urea groups is 1. The van der Waals surface area contributed by atoms with Crippen molar-refractivity contribution >= 4 is 29.4 Å². The number of aryl methyl sites for hydroxylation is 2. The van der Waals surface area contributed by atoms with E-state index in [-0.39, 0.29) is 11.4 Å². The second-order valence-electron chi connectivity index (χ2n) is 4.69. The van der Waals surface area contributed by atoms with Gasteiger partial charge in [-0.1, -0.05) is 6.92 Å². The Morgan fingerprint density at radius 1 is 1.60 bits per heavy atom. The number of hydrogen-bond donors (Lipinski definition) is 2. The zero-order valence-corrected chi connectivity index (χ0v) is 12.5. The summed E-state index contributed by atoms with van der Waals surface area (Å²) >= 11 is 1.50. The first-order valence-corrected chi connectivity index (χ1v) is 7.42. The van der Waals surface area contributed by atoms with E-state index in [1.54, 1.807) is 24.9 Å². The fourth-order valence-electron chi connectivity index (χ4n) is 2.24. The smallest absolute Gasteiger partial charge is 0.327 e. The number of anilines is 1. The largest absolute Gasteiger partial charge is 0.480 e. The summed E-state index contributed by atoms with van der Waals surface area (Å²) in [6, 6.07) is -1.16. The summed E-state index contributed by atoms with van der Waals surface area (Å²) in [6.45, 7) is 3.73. The molecule has 2 N–H and O–H groups in total. The van der Waals surface area contributed by atoms with Gasteiger partial charge in [-0.3, -0.25) is 9.58 Å². The first-order chi connectivity index (χ1) is 9.43. The Morgan fingerprint density at radius 3 is 2.80 bits per heavy atom. The Hall–Kier alpha value is -1.70. The van der Waals surface area contributed by atoms with Gasteiger partial charge in [0.2, 0.25) is 0 Å². The number of thioether (sulfide) groups is 1. The van der Waals surface area contributed by atoms with E-state index in [1.165, 1.54) is 16.7 Å². The number of hydrogen-bond acceptors (Lipinski definition) is 4. The van der Waals surface area contributed by atoms with E-state index in [2.05, 4.69) is 10.4 Å². The predicted octanol–water partition coefficient (Wildman–Crippen LogP) is 1.50. The molecule has 1 aliphatic heterocycles. The van der Waals surface area contributed by atoms with Gasteiger partial charge in [0.1, 0.15) is 6.04 Å². The van der Waals surface area contributed by atoms with Crippen LogP contribution in [0.2, 0.25) is 0 Å². The third-order valence-corrected chi connectivity index (χ3v) is 4.67. The van der Waals surface area contributed by atoms with Gasteiger partial charge in [0, 0.05) is 19.0 Å². The number of aromatic nitrogens is 2. The number of carbonyl (C=O) groups excluding carboxylic acids is 1. The molecule has 1 fully saturated rings. The summed E-state index contributed by atoms with van der Waals surface area (Å²) in [5, 5.41) is 16.0. The monoisotopic (exact) mass is 298 g/mol. The SMILES string of the molecule is CCC1SCC(C(=O)O)N1C(=O)Nc1cn(C)nc1C. The molecule has 2 heterocycles. The van der Waals surface area contributed by atoms with Crippen molar-refractivity contribution in [2.24, 2.45) is 7.05 Å². The average Bonchev–Trinajstić information content (AvgIpc) is 2.93. The molecule has 0 aliphatic carbocycles. The number of carboxylic acid groups (broad SMARTS) is 1. The molecule has 1 aromatic heterocycles. The summed E-state index contributed by atoms with van der Waals surface area (Å²) < 4.78 is 1.61. The van der Waals surface area contributed by atoms with Crippen molar-refractivity contribution in [2.75, 3.05) is 11.1 Å². The lowest BCUT2D eigenvalue weighted by molar-refractivity contribution is -0.141. The summed E-state index contributed by atoms with van der Waals surface area (Å²) in [5.74, 6) is -0.542. The van der Waals surface area contributed by atoms with E-state index in [4.69, 9.17) is 0 Å². The number of carboxylic acids is 1. The molecule has 1 aromatic rings. The highest BCUT2D eigenvalue weighted by Crippen LogP contribution is 2.32. The van der Waals surface area contributed by atoms with Crippen LogP contribution < -0.4 is 5.32 Å². The van der Waals surface area contributed by atoms with Crippen molar-refractivity contribution in [3.63, 3.8) is 0 Å². The Balaban J connectivity index is 2.17. The number of carbonyl (C=O) groups is 2. The molecule has 1 saturated heterocycles. The van der Waals surface area contributed by atoms with Crippen molar-refractivity contribution in [2.45, 2.75) is 31.7 Å². The van der Waals surface area contributed by atoms with E-state index in [0.29, 0.717) is 23.6 Å². The number of aliphatic carboxylic acids is 1. The number of nitrogens with one attached hydrogen (secondary N) is 1. The molecule has 2 unspecified atom stereocenters. The highest BCUT2D eigenvalue weighted by Gasteiger charge is 2.41. The molecule has 2 amide bonds. The molecule has 0 aromatic carbocycles. The van der Waals surface area contributed by atoms with Crippen LogP contribution in [0, 0.1) is 6.92 Å². The number of amides is 2. The molecule has 110 valence electrons. The standard InChI is InChI=1S/C12H18N4O3S/c1-4-10-16(9(6-20-10)11(17)18)12(19)13-8-5-15(3)14-7(8)2/h5,9-10H,4,6H2,1-3H3,(H,13,19)(H,17,18). The Bertz CT molecular complexity index is 531. The minimum Gasteiger partial charge on any atom is -0.480 e. The van der Waals surface area contributed by atoms with Gasteiger partial charge in [-0.25, -0.2) is 9.59 Å². The molecule has 0 bridgehead atoms. The molecule has 0 radical (unpaired) electrons. The Morgan fingerprint density at radius 2 is 2.30 bits per heavy atom. The quantitative estimate of drug-likeness (QED) is 0.883. The number of rotatable bonds is 3. The summed E-state index contributed by atoms with van der Waals surface area (Å²) in [7, 11) is 1.77. The van der Waals surface area contributed by atoms with E-state index < -0.39 is 12.0 Å². The fourth-order valence-corrected chi connectivity index (χ4v) is 3.59. The van der Waals surface area contributed by atoms with Gasteiger partial charge in [0.05, 0.1) is 16.8 Å². The molecule has 2 atom stereocenters. The predicted molar refractivity (Wildman–Crippen MR) is 76.8 cm³/mol. The first kappa shape index (κ1) is 14.7. The van der Waals surface area contributed by atoms with Crippen LogP contribution in [0.1, 0.15) is 19.0 Å². The van der Waals surface area contributed by atoms with E-state index in [0.717, 1.165) is 0 Å². The summed E-state index contributed by atoms with van der Waals surface area (Å²) in [6.07, 6.45) is 2.42. The van der Waals surface area contributed by atoms with Crippen molar-refractivity contribution in [1.29, 1.82) is 0 Å². The summed E-state index contributed by atoms with van der Waals surface area (Å²) in [5.41, 5.74) is 1.31. The van der Waals surface area contributed by atoms with Crippen molar-refractivity contribution in [3.05, 3.63) is 11.9 Å². The molecule has 7 nitrogen and oxygen atoms in total. The second kappa shape index (κ2) is 5.74. The molecule has 20 heavy (non-hydrogen) atoms. The molecular weight excluding hydrogens is 280 g/mol. The van der Waals surface area contributed by atoms with Crippen molar-refractivity contribution in [1.82, 2.24) is 14.7 Å². The van der Waals surface area contributed by atoms with Gasteiger partial charge < -0.3 is 10.4 Å². The summed E-state index contributed by atoms with van der Waals surface area (Å²) in [4.78, 5) is 25.0. The van der Waals surface area contributed by atoms with Crippen molar-refractivity contribution < 1.29 is 14.7 Å². The highest BCUT2D eigenvalue weighted by atomic mass is 32.2. The van der Waals surface area contributed by atoms with Gasteiger partial charge in [0.15, 0.2) is 0 Å². The molecule has 1 aliphatic rings. The van der Waals surface area contributed by atoms with E-state index in [9.17, 15) is 14.7 Å². The lowest BCUT2D eigenvalue weighted by Crippen LogP contribution is -2.47. The van der Waals surface area contributed by atoms with Crippen molar-refractivity contribution in [3.8, 4) is 0 Å². The third-order valence-electron chi connectivity index (χ3n) is 3.22. The van der Waals surface area contributed by atoms with Crippen LogP contribution in [0.5, 0.6) is 0 Å². The fraction of sp³-hybridized carbons (Fsp3) is 0.583. The lowest BCUT2D eigenvalue weighted by Gasteiger charge is -2.26. The zero-order valence-electron chi connectivity index (χ0n) is 11.7. The molecule has 0 saturated carbocycles. The lowest BCUT2D eigenvalue weighted by atomic mass is 10.2. The normalized spacial score (nSPS) is 22.1. The Labute approximate surface area is 121 Å². The minimum atomic E-state index is -0.966. The van der Waals surface area contributed by atoms with Crippen LogP contribution in [0.25, 0.3) is 0 Å². The maximum Gasteiger partial charge on any atom is 0.327 e. The van der Waals surface area contributed by atoms with Crippen LogP contribution in [0.3, 0.4) is 0 Å². The topological polar surface area (TPSA) is 87.5 Å². The maximum absolute atomic E-state index is 12.4. The molecule has 0 spiro atoms. The van der Waals surface area contributed by atoms with Crippen LogP contribution in [0.4, 0.5) is 10.5 Å². The van der Waals surface area contributed by atoms with Gasteiger partial charge in [-0.15, -0.1) is 11.8 Å². The third kappa shape index (κ3) is 2.74. The zero-order chi connectivity index (χ0) is 14.9. The van der Waals surface area contributed by atoms with Crippen LogP contribution in [-0.4, -0.2) is 49.0 Å². The number of nitrogens with zero attached hydrogens (tertiary/aromatic N) is 3. The second-order valence-corrected chi connectivity index (χ2v) is 5.90. The highest BCUT2D eigenvalue weighted by molar-refractivity contribution is 8.00. The average molecular weight is 298 g/mol. The van der Waals surface area contributed by atoms with Crippen LogP contribution >= 0.6 is 11.8 Å². The maximum atomic E-state index is 12.4. The van der Waals surface area contributed by atoms with Gasteiger partial charge in [0.25, 0.3) is 0 Å². The molecule has 8 heteroatoms. The molecule has 2 rings (SSSR count). The van der Waals surface area contributed by atoms with E-state index >= 15 is 0 Å². The van der Waals surface area contributed by atoms with Gasteiger partial charge in [-0.2, -0.15) is 5.10 Å². The first-order valence-electron chi connectivity index (χ1n) is 6.38. The van der Waals surface area contributed by atoms with Crippen LogP contribution in [0.15, 0.2) is 6.20 Å². The Kier molecular flexibility index (Phi) is 4.22. The van der Waals surface area contributed by atoms with Gasteiger partial charge in [-0.05, 0) is 13.3 Å². The van der Waals surface area contributed by atoms with Crippen LogP contribution in [-0.2, 0) is 11.8 Å². The van der Waals surface area contributed by atoms with Gasteiger partial charge >= 0.3 is 12.0 Å².